The molecule has 0 aromatic carbocycles. The fourth-order valence-corrected chi connectivity index (χ4v) is 2.71. The number of hydrogen-bond acceptors (Lipinski definition) is 6. The van der Waals surface area contributed by atoms with E-state index in [0.717, 1.165) is 31.0 Å². The molecule has 0 saturated carbocycles. The van der Waals surface area contributed by atoms with Crippen molar-refractivity contribution in [1.29, 1.82) is 0 Å². The smallest absolute Gasteiger partial charge is 0.226 e. The van der Waals surface area contributed by atoms with Gasteiger partial charge in [0, 0.05) is 25.8 Å². The van der Waals surface area contributed by atoms with E-state index in [4.69, 9.17) is 4.52 Å². The van der Waals surface area contributed by atoms with E-state index < -0.39 is 0 Å². The van der Waals surface area contributed by atoms with Gasteiger partial charge in [-0.15, -0.1) is 10.2 Å². The van der Waals surface area contributed by atoms with Crippen LogP contribution in [0.5, 0.6) is 0 Å². The molecule has 2 aromatic rings. The van der Waals surface area contributed by atoms with Crippen molar-refractivity contribution in [2.45, 2.75) is 58.5 Å². The number of aromatic nitrogens is 5. The standard InChI is InChI=1S/C14H20N6O2/c1-9(14-18-17-11-5-4-8-20(11)14)15-12(21)6-3-7-13-16-10(2)19-22-13/h9H,3-8H2,1-2H3,(H,15,21)/t9-/m1/s1. The first-order chi connectivity index (χ1) is 10.6. The molecule has 2 aromatic heterocycles. The third kappa shape index (κ3) is 3.15. The van der Waals surface area contributed by atoms with E-state index in [-0.39, 0.29) is 11.9 Å². The van der Waals surface area contributed by atoms with Gasteiger partial charge in [0.15, 0.2) is 11.6 Å². The maximum absolute atomic E-state index is 12.0. The number of nitrogens with zero attached hydrogens (tertiary/aromatic N) is 5. The monoisotopic (exact) mass is 304 g/mol. The number of carbonyl (C=O) groups is 1. The van der Waals surface area contributed by atoms with Gasteiger partial charge in [-0.05, 0) is 26.7 Å². The molecule has 1 aliphatic heterocycles. The first-order valence-corrected chi connectivity index (χ1v) is 7.64. The summed E-state index contributed by atoms with van der Waals surface area (Å²) in [6.07, 6.45) is 3.78. The average molecular weight is 304 g/mol. The molecule has 0 spiro atoms. The molecule has 118 valence electrons. The summed E-state index contributed by atoms with van der Waals surface area (Å²) in [5.41, 5.74) is 0. The molecule has 22 heavy (non-hydrogen) atoms. The fraction of sp³-hybridized carbons (Fsp3) is 0.643. The van der Waals surface area contributed by atoms with Crippen LogP contribution in [0.1, 0.15) is 55.6 Å². The number of fused-ring (bicyclic) bond motifs is 1. The molecule has 0 unspecified atom stereocenters. The van der Waals surface area contributed by atoms with Gasteiger partial charge in [0.2, 0.25) is 11.8 Å². The first-order valence-electron chi connectivity index (χ1n) is 7.64. The molecule has 1 amide bonds. The van der Waals surface area contributed by atoms with Gasteiger partial charge in [-0.25, -0.2) is 0 Å². The molecule has 0 radical (unpaired) electrons. The van der Waals surface area contributed by atoms with Crippen LogP contribution in [0.4, 0.5) is 0 Å². The summed E-state index contributed by atoms with van der Waals surface area (Å²) in [4.78, 5) is 16.1. The van der Waals surface area contributed by atoms with E-state index in [1.807, 2.05) is 6.92 Å². The van der Waals surface area contributed by atoms with Gasteiger partial charge < -0.3 is 14.4 Å². The van der Waals surface area contributed by atoms with Gasteiger partial charge >= 0.3 is 0 Å². The largest absolute Gasteiger partial charge is 0.346 e. The molecule has 1 aliphatic rings. The van der Waals surface area contributed by atoms with E-state index in [0.29, 0.717) is 31.0 Å². The van der Waals surface area contributed by atoms with E-state index >= 15 is 0 Å². The Balaban J connectivity index is 1.47. The Labute approximate surface area is 128 Å². The summed E-state index contributed by atoms with van der Waals surface area (Å²) in [6, 6.07) is -0.127. The van der Waals surface area contributed by atoms with Gasteiger partial charge in [-0.3, -0.25) is 4.79 Å². The lowest BCUT2D eigenvalue weighted by molar-refractivity contribution is -0.121. The minimum absolute atomic E-state index is 0.000848. The molecule has 0 aliphatic carbocycles. The van der Waals surface area contributed by atoms with Crippen LogP contribution in [0.2, 0.25) is 0 Å². The van der Waals surface area contributed by atoms with Gasteiger partial charge in [-0.1, -0.05) is 5.16 Å². The number of hydrogen-bond donors (Lipinski definition) is 1. The topological polar surface area (TPSA) is 98.7 Å². The molecule has 8 heteroatoms. The average Bonchev–Trinajstić information content (AvgIpc) is 3.14. The molecule has 0 saturated heterocycles. The first kappa shape index (κ1) is 14.7. The highest BCUT2D eigenvalue weighted by Crippen LogP contribution is 2.19. The molecule has 3 rings (SSSR count). The lowest BCUT2D eigenvalue weighted by atomic mass is 10.2. The van der Waals surface area contributed by atoms with Crippen molar-refractivity contribution in [1.82, 2.24) is 30.2 Å². The van der Waals surface area contributed by atoms with Gasteiger partial charge in [0.05, 0.1) is 6.04 Å². The van der Waals surface area contributed by atoms with Crippen LogP contribution in [-0.4, -0.2) is 30.8 Å². The van der Waals surface area contributed by atoms with Crippen LogP contribution in [0.15, 0.2) is 4.52 Å². The second-order valence-corrected chi connectivity index (χ2v) is 5.61. The molecular weight excluding hydrogens is 284 g/mol. The zero-order valence-electron chi connectivity index (χ0n) is 12.9. The van der Waals surface area contributed by atoms with Crippen LogP contribution in [0, 0.1) is 6.92 Å². The Morgan fingerprint density at radius 3 is 3.09 bits per heavy atom. The van der Waals surface area contributed by atoms with Crippen LogP contribution in [0.25, 0.3) is 0 Å². The van der Waals surface area contributed by atoms with E-state index in [2.05, 4.69) is 30.2 Å². The third-order valence-electron chi connectivity index (χ3n) is 3.77. The highest BCUT2D eigenvalue weighted by molar-refractivity contribution is 5.76. The van der Waals surface area contributed by atoms with Gasteiger partial charge in [0.25, 0.3) is 0 Å². The fourth-order valence-electron chi connectivity index (χ4n) is 2.71. The SMILES string of the molecule is Cc1noc(CCCC(=O)N[C@H](C)c2nnc3n2CCC3)n1. The zero-order chi connectivity index (χ0) is 15.5. The lowest BCUT2D eigenvalue weighted by Gasteiger charge is -2.13. The summed E-state index contributed by atoms with van der Waals surface area (Å²) in [6.45, 7) is 4.65. The molecule has 8 nitrogen and oxygen atoms in total. The van der Waals surface area contributed by atoms with Crippen molar-refractivity contribution in [2.75, 3.05) is 0 Å². The van der Waals surface area contributed by atoms with Crippen molar-refractivity contribution < 1.29 is 9.32 Å². The van der Waals surface area contributed by atoms with Crippen molar-refractivity contribution in [3.05, 3.63) is 23.4 Å². The summed E-state index contributed by atoms with van der Waals surface area (Å²) in [7, 11) is 0. The Morgan fingerprint density at radius 2 is 2.32 bits per heavy atom. The Kier molecular flexibility index (Phi) is 4.17. The number of amides is 1. The second kappa shape index (κ2) is 6.25. The van der Waals surface area contributed by atoms with Crippen LogP contribution < -0.4 is 5.32 Å². The van der Waals surface area contributed by atoms with Crippen LogP contribution in [0.3, 0.4) is 0 Å². The maximum atomic E-state index is 12.0. The van der Waals surface area contributed by atoms with Crippen molar-refractivity contribution in [2.24, 2.45) is 0 Å². The molecule has 1 atom stereocenters. The molecule has 3 heterocycles. The molecule has 1 N–H and O–H groups in total. The second-order valence-electron chi connectivity index (χ2n) is 5.61. The molecule has 0 fully saturated rings. The van der Waals surface area contributed by atoms with E-state index in [9.17, 15) is 4.79 Å². The summed E-state index contributed by atoms with van der Waals surface area (Å²) >= 11 is 0. The van der Waals surface area contributed by atoms with E-state index in [1.165, 1.54) is 0 Å². The predicted octanol–water partition coefficient (Wildman–Crippen LogP) is 1.12. The quantitative estimate of drug-likeness (QED) is 0.858. The Hall–Kier alpha value is -2.25. The molecular formula is C14H20N6O2. The third-order valence-corrected chi connectivity index (χ3v) is 3.77. The minimum atomic E-state index is -0.127. The Morgan fingerprint density at radius 1 is 1.45 bits per heavy atom. The number of rotatable bonds is 6. The predicted molar refractivity (Wildman–Crippen MR) is 76.9 cm³/mol. The summed E-state index contributed by atoms with van der Waals surface area (Å²) < 4.78 is 7.13. The highest BCUT2D eigenvalue weighted by atomic mass is 16.5. The van der Waals surface area contributed by atoms with Crippen molar-refractivity contribution in [3.8, 4) is 0 Å². The number of carbonyl (C=O) groups excluding carboxylic acids is 1. The number of aryl methyl sites for hydroxylation is 3. The zero-order valence-corrected chi connectivity index (χ0v) is 12.9. The van der Waals surface area contributed by atoms with Gasteiger partial charge in [0.1, 0.15) is 5.82 Å². The lowest BCUT2D eigenvalue weighted by Crippen LogP contribution is -2.28. The van der Waals surface area contributed by atoms with E-state index in [1.54, 1.807) is 6.92 Å². The minimum Gasteiger partial charge on any atom is -0.346 e. The maximum Gasteiger partial charge on any atom is 0.226 e. The van der Waals surface area contributed by atoms with Gasteiger partial charge in [-0.2, -0.15) is 4.98 Å². The van der Waals surface area contributed by atoms with Crippen molar-refractivity contribution >= 4 is 5.91 Å². The van der Waals surface area contributed by atoms with Crippen LogP contribution in [-0.2, 0) is 24.2 Å². The van der Waals surface area contributed by atoms with Crippen LogP contribution >= 0.6 is 0 Å². The normalized spacial score (nSPS) is 14.8. The molecule has 0 bridgehead atoms. The Bertz CT molecular complexity index is 662. The number of nitrogens with one attached hydrogen (secondary N) is 1. The highest BCUT2D eigenvalue weighted by Gasteiger charge is 2.22. The van der Waals surface area contributed by atoms with Crippen molar-refractivity contribution in [3.63, 3.8) is 0 Å². The summed E-state index contributed by atoms with van der Waals surface area (Å²) in [5, 5.41) is 15.0. The summed E-state index contributed by atoms with van der Waals surface area (Å²) in [5.74, 6) is 3.05.